The molecule has 0 radical (unpaired) electrons. The van der Waals surface area contributed by atoms with E-state index in [1.165, 1.54) is 12.8 Å². The standard InChI is InChI=1S/C20H27N3O2/c1-14-6-9-21-13-17(14)19(25)23-10-7-20(8-11-23,12-15-2-3-15)22-18(24)16-4-5-16/h6,9,13,15-16H,2-5,7-8,10-12H2,1H3,(H,22,24). The smallest absolute Gasteiger partial charge is 0.255 e. The van der Waals surface area contributed by atoms with Crippen LogP contribution in [-0.4, -0.2) is 40.3 Å². The second kappa shape index (κ2) is 6.43. The van der Waals surface area contributed by atoms with Gasteiger partial charge in [-0.25, -0.2) is 0 Å². The highest BCUT2D eigenvalue weighted by atomic mass is 16.2. The van der Waals surface area contributed by atoms with Crippen LogP contribution in [0.1, 0.15) is 60.9 Å². The molecule has 2 saturated carbocycles. The largest absolute Gasteiger partial charge is 0.350 e. The fourth-order valence-electron chi connectivity index (χ4n) is 3.96. The number of amides is 2. The van der Waals surface area contributed by atoms with Gasteiger partial charge in [0, 0.05) is 36.9 Å². The summed E-state index contributed by atoms with van der Waals surface area (Å²) < 4.78 is 0. The topological polar surface area (TPSA) is 62.3 Å². The van der Waals surface area contributed by atoms with E-state index in [-0.39, 0.29) is 23.3 Å². The summed E-state index contributed by atoms with van der Waals surface area (Å²) in [6.07, 6.45) is 10.9. The summed E-state index contributed by atoms with van der Waals surface area (Å²) in [4.78, 5) is 31.2. The van der Waals surface area contributed by atoms with Gasteiger partial charge in [-0.1, -0.05) is 12.8 Å². The van der Waals surface area contributed by atoms with E-state index < -0.39 is 0 Å². The molecule has 3 aliphatic rings. The maximum atomic E-state index is 12.8. The van der Waals surface area contributed by atoms with Gasteiger partial charge in [-0.15, -0.1) is 0 Å². The van der Waals surface area contributed by atoms with Gasteiger partial charge < -0.3 is 10.2 Å². The summed E-state index contributed by atoms with van der Waals surface area (Å²) in [5.41, 5.74) is 1.57. The molecule has 2 amide bonds. The first-order valence-electron chi connectivity index (χ1n) is 9.58. The van der Waals surface area contributed by atoms with Gasteiger partial charge in [0.15, 0.2) is 0 Å². The molecule has 1 aromatic heterocycles. The van der Waals surface area contributed by atoms with Crippen LogP contribution in [0.2, 0.25) is 0 Å². The molecule has 0 atom stereocenters. The molecule has 134 valence electrons. The molecule has 0 bridgehead atoms. The number of carbonyl (C=O) groups is 2. The number of aryl methyl sites for hydroxylation is 1. The summed E-state index contributed by atoms with van der Waals surface area (Å²) in [6.45, 7) is 3.38. The molecule has 1 aliphatic heterocycles. The van der Waals surface area contributed by atoms with Crippen LogP contribution >= 0.6 is 0 Å². The lowest BCUT2D eigenvalue weighted by molar-refractivity contribution is -0.125. The van der Waals surface area contributed by atoms with Crippen LogP contribution in [0.3, 0.4) is 0 Å². The molecule has 5 nitrogen and oxygen atoms in total. The zero-order chi connectivity index (χ0) is 17.4. The van der Waals surface area contributed by atoms with Gasteiger partial charge >= 0.3 is 0 Å². The number of rotatable bonds is 5. The highest BCUT2D eigenvalue weighted by Gasteiger charge is 2.43. The average molecular weight is 341 g/mol. The molecule has 2 aliphatic carbocycles. The van der Waals surface area contributed by atoms with Crippen LogP contribution in [-0.2, 0) is 4.79 Å². The average Bonchev–Trinajstić information content (AvgIpc) is 3.49. The lowest BCUT2D eigenvalue weighted by Gasteiger charge is -2.43. The normalized spacial score (nSPS) is 22.5. The highest BCUT2D eigenvalue weighted by Crippen LogP contribution is 2.41. The van der Waals surface area contributed by atoms with Crippen molar-refractivity contribution >= 4 is 11.8 Å². The Kier molecular flexibility index (Phi) is 4.26. The van der Waals surface area contributed by atoms with Crippen molar-refractivity contribution in [1.29, 1.82) is 0 Å². The first-order chi connectivity index (χ1) is 12.1. The third-order valence-corrected chi connectivity index (χ3v) is 5.99. The summed E-state index contributed by atoms with van der Waals surface area (Å²) in [7, 11) is 0. The predicted molar refractivity (Wildman–Crippen MR) is 95.1 cm³/mol. The number of nitrogens with zero attached hydrogens (tertiary/aromatic N) is 2. The van der Waals surface area contributed by atoms with Crippen molar-refractivity contribution in [1.82, 2.24) is 15.2 Å². The minimum atomic E-state index is -0.0956. The van der Waals surface area contributed by atoms with E-state index in [4.69, 9.17) is 0 Å². The van der Waals surface area contributed by atoms with Gasteiger partial charge in [0.1, 0.15) is 0 Å². The summed E-state index contributed by atoms with van der Waals surface area (Å²) in [6, 6.07) is 1.88. The van der Waals surface area contributed by atoms with E-state index in [1.54, 1.807) is 12.4 Å². The van der Waals surface area contributed by atoms with Crippen molar-refractivity contribution in [2.75, 3.05) is 13.1 Å². The number of carbonyl (C=O) groups excluding carboxylic acids is 2. The zero-order valence-corrected chi connectivity index (χ0v) is 15.0. The van der Waals surface area contributed by atoms with Crippen LogP contribution in [0.15, 0.2) is 18.5 Å². The van der Waals surface area contributed by atoms with Gasteiger partial charge in [0.25, 0.3) is 5.91 Å². The SMILES string of the molecule is Cc1ccncc1C(=O)N1CCC(CC2CC2)(NC(=O)C2CC2)CC1. The number of piperidine rings is 1. The minimum Gasteiger partial charge on any atom is -0.350 e. The van der Waals surface area contributed by atoms with Gasteiger partial charge in [-0.2, -0.15) is 0 Å². The van der Waals surface area contributed by atoms with Crippen LogP contribution in [0, 0.1) is 18.8 Å². The van der Waals surface area contributed by atoms with Gasteiger partial charge in [0.05, 0.1) is 5.56 Å². The Hall–Kier alpha value is -1.91. The fourth-order valence-corrected chi connectivity index (χ4v) is 3.96. The molecule has 0 unspecified atom stereocenters. The molecule has 2 heterocycles. The van der Waals surface area contributed by atoms with Crippen molar-refractivity contribution in [2.45, 2.75) is 57.4 Å². The molecule has 1 N–H and O–H groups in total. The molecule has 0 spiro atoms. The Labute approximate surface area is 149 Å². The second-order valence-electron chi connectivity index (χ2n) is 8.17. The lowest BCUT2D eigenvalue weighted by atomic mass is 9.82. The number of likely N-dealkylation sites (tertiary alicyclic amines) is 1. The van der Waals surface area contributed by atoms with Crippen molar-refractivity contribution in [2.24, 2.45) is 11.8 Å². The lowest BCUT2D eigenvalue weighted by Crippen LogP contribution is -2.56. The first-order valence-corrected chi connectivity index (χ1v) is 9.58. The summed E-state index contributed by atoms with van der Waals surface area (Å²) in [5.74, 6) is 1.32. The van der Waals surface area contributed by atoms with Gasteiger partial charge in [0.2, 0.25) is 5.91 Å². The predicted octanol–water partition coefficient (Wildman–Crippen LogP) is 2.69. The molecule has 0 aromatic carbocycles. The van der Waals surface area contributed by atoms with Crippen molar-refractivity contribution < 1.29 is 9.59 Å². The molecule has 3 fully saturated rings. The molecule has 4 rings (SSSR count). The quantitative estimate of drug-likeness (QED) is 0.896. The molecular weight excluding hydrogens is 314 g/mol. The van der Waals surface area contributed by atoms with Crippen LogP contribution in [0.5, 0.6) is 0 Å². The number of aromatic nitrogens is 1. The van der Waals surface area contributed by atoms with Crippen molar-refractivity contribution in [3.05, 3.63) is 29.6 Å². The van der Waals surface area contributed by atoms with Crippen LogP contribution in [0.25, 0.3) is 0 Å². The third kappa shape index (κ3) is 3.70. The van der Waals surface area contributed by atoms with Gasteiger partial charge in [-0.05, 0) is 56.6 Å². The third-order valence-electron chi connectivity index (χ3n) is 5.99. The summed E-state index contributed by atoms with van der Waals surface area (Å²) >= 11 is 0. The monoisotopic (exact) mass is 341 g/mol. The second-order valence-corrected chi connectivity index (χ2v) is 8.17. The van der Waals surface area contributed by atoms with Gasteiger partial charge in [-0.3, -0.25) is 14.6 Å². The number of hydrogen-bond donors (Lipinski definition) is 1. The van der Waals surface area contributed by atoms with Crippen molar-refractivity contribution in [3.8, 4) is 0 Å². The van der Waals surface area contributed by atoms with E-state index in [1.807, 2.05) is 17.9 Å². The summed E-state index contributed by atoms with van der Waals surface area (Å²) in [5, 5.41) is 3.39. The Morgan fingerprint density at radius 3 is 2.56 bits per heavy atom. The van der Waals surface area contributed by atoms with Crippen LogP contribution < -0.4 is 5.32 Å². The molecular formula is C20H27N3O2. The molecule has 5 heteroatoms. The Balaban J connectivity index is 1.43. The van der Waals surface area contributed by atoms with E-state index in [2.05, 4.69) is 10.3 Å². The van der Waals surface area contributed by atoms with Crippen LogP contribution in [0.4, 0.5) is 0 Å². The van der Waals surface area contributed by atoms with E-state index in [0.717, 1.165) is 43.6 Å². The molecule has 1 aromatic rings. The Bertz CT molecular complexity index is 671. The maximum absolute atomic E-state index is 12.8. The van der Waals surface area contributed by atoms with E-state index >= 15 is 0 Å². The number of pyridine rings is 1. The molecule has 1 saturated heterocycles. The van der Waals surface area contributed by atoms with E-state index in [9.17, 15) is 9.59 Å². The first kappa shape index (κ1) is 16.6. The fraction of sp³-hybridized carbons (Fsp3) is 0.650. The highest BCUT2D eigenvalue weighted by molar-refractivity contribution is 5.95. The minimum absolute atomic E-state index is 0.0686. The molecule has 25 heavy (non-hydrogen) atoms. The number of nitrogens with one attached hydrogen (secondary N) is 1. The van der Waals surface area contributed by atoms with E-state index in [0.29, 0.717) is 18.7 Å². The zero-order valence-electron chi connectivity index (χ0n) is 15.0. The number of hydrogen-bond acceptors (Lipinski definition) is 3. The van der Waals surface area contributed by atoms with Crippen molar-refractivity contribution in [3.63, 3.8) is 0 Å². The maximum Gasteiger partial charge on any atom is 0.255 e. The Morgan fingerprint density at radius 2 is 1.96 bits per heavy atom. The Morgan fingerprint density at radius 1 is 1.24 bits per heavy atom.